The summed E-state index contributed by atoms with van der Waals surface area (Å²) in [6, 6.07) is 0. The Morgan fingerprint density at radius 2 is 1.65 bits per heavy atom. The average Bonchev–Trinajstić information content (AvgIpc) is 3.70. The fourth-order valence-corrected chi connectivity index (χ4v) is 9.82. The number of aliphatic hydroxyl groups is 4. The average molecular weight is 740 g/mol. The Morgan fingerprint density at radius 1 is 1.00 bits per heavy atom. The third-order valence-electron chi connectivity index (χ3n) is 7.44. The molecule has 0 spiro atoms. The lowest BCUT2D eigenvalue weighted by atomic mass is 10.1. The van der Waals surface area contributed by atoms with Gasteiger partial charge < -0.3 is 56.3 Å². The number of phosphoric acid groups is 1. The van der Waals surface area contributed by atoms with Gasteiger partial charge in [-0.25, -0.2) is 18.7 Å². The van der Waals surface area contributed by atoms with E-state index in [0.29, 0.717) is 0 Å². The lowest BCUT2D eigenvalue weighted by Crippen LogP contribution is -2.34. The summed E-state index contributed by atoms with van der Waals surface area (Å²) in [6.07, 6.45) is -9.62. The van der Waals surface area contributed by atoms with Crippen LogP contribution in [-0.2, 0) is 34.5 Å². The molecule has 0 amide bonds. The number of aromatic hydroxyl groups is 1. The number of ether oxygens (including phenoxy) is 2. The first-order chi connectivity index (χ1) is 22.5. The predicted molar refractivity (Wildman–Crippen MR) is 158 cm³/mol. The lowest BCUT2D eigenvalue weighted by molar-refractivity contribution is -0.646. The maximum absolute atomic E-state index is 12.7. The van der Waals surface area contributed by atoms with E-state index in [-0.39, 0.29) is 45.6 Å². The van der Waals surface area contributed by atoms with Crippen LogP contribution in [0.4, 0.5) is 11.9 Å². The first-order valence-corrected chi connectivity index (χ1v) is 18.3. The molecule has 0 radical (unpaired) electrons. The first-order valence-electron chi connectivity index (χ1n) is 13.6. The maximum atomic E-state index is 12.7. The van der Waals surface area contributed by atoms with Crippen LogP contribution < -0.4 is 21.6 Å². The van der Waals surface area contributed by atoms with Crippen LogP contribution in [0, 0.1) is 0 Å². The Kier molecular flexibility index (Phi) is 9.04. The van der Waals surface area contributed by atoms with Crippen LogP contribution >= 0.6 is 26.0 Å². The topological polar surface area (TPSA) is 363 Å². The third-order valence-corrected chi connectivity index (χ3v) is 12.4. The van der Waals surface area contributed by atoms with Crippen LogP contribution in [0.15, 0.2) is 17.4 Å². The molecule has 12 N–H and O–H groups in total. The van der Waals surface area contributed by atoms with Gasteiger partial charge in [0.25, 0.3) is 22.6 Å². The molecule has 6 rings (SSSR count). The zero-order chi connectivity index (χ0) is 34.9. The number of aromatic nitrogens is 8. The van der Waals surface area contributed by atoms with Gasteiger partial charge in [0, 0.05) is 5.75 Å². The summed E-state index contributed by atoms with van der Waals surface area (Å²) in [5.74, 6) is -1.56. The molecule has 27 heteroatoms. The molecule has 2 fully saturated rings. The fourth-order valence-electron chi connectivity index (χ4n) is 5.26. The second kappa shape index (κ2) is 12.5. The summed E-state index contributed by atoms with van der Waals surface area (Å²) in [6.45, 7) is -5.93. The molecule has 2 aliphatic heterocycles. The molecule has 6 heterocycles. The number of aryl methyl sites for hydroxylation is 1. The number of nitrogen functional groups attached to an aromatic ring is 2. The van der Waals surface area contributed by atoms with Crippen molar-refractivity contribution in [1.82, 2.24) is 34.1 Å². The van der Waals surface area contributed by atoms with E-state index in [0.717, 1.165) is 10.9 Å². The molecule has 262 valence electrons. The predicted octanol–water partition coefficient (Wildman–Crippen LogP) is -3.54. The van der Waals surface area contributed by atoms with Gasteiger partial charge in [-0.2, -0.15) is 23.8 Å². The van der Waals surface area contributed by atoms with Crippen molar-refractivity contribution in [2.45, 2.75) is 49.1 Å². The molecule has 5 unspecified atom stereocenters. The highest BCUT2D eigenvalue weighted by atomic mass is 32.7. The third kappa shape index (κ3) is 6.40. The van der Waals surface area contributed by atoms with Gasteiger partial charge in [0.2, 0.25) is 24.5 Å². The Labute approximate surface area is 270 Å². The van der Waals surface area contributed by atoms with Gasteiger partial charge in [-0.05, 0) is 11.4 Å². The number of H-pyrrole nitrogens is 1. The number of imidazole rings is 2. The van der Waals surface area contributed by atoms with Gasteiger partial charge in [0.05, 0.1) is 26.1 Å². The van der Waals surface area contributed by atoms with Gasteiger partial charge in [-0.15, -0.1) is 0 Å². The summed E-state index contributed by atoms with van der Waals surface area (Å²) < 4.78 is 49.6. The van der Waals surface area contributed by atoms with Gasteiger partial charge in [-0.3, -0.25) is 18.9 Å². The van der Waals surface area contributed by atoms with E-state index in [4.69, 9.17) is 25.5 Å². The van der Waals surface area contributed by atoms with Crippen LogP contribution in [0.1, 0.15) is 12.5 Å². The minimum Gasteiger partial charge on any atom is -0.490 e. The molecule has 4 aromatic heterocycles. The Morgan fingerprint density at radius 3 is 2.35 bits per heavy atom. The fraction of sp³-hybridized carbons (Fsp3) is 0.524. The van der Waals surface area contributed by atoms with Crippen molar-refractivity contribution in [3.8, 4) is 5.88 Å². The highest BCUT2D eigenvalue weighted by Crippen LogP contribution is 2.67. The van der Waals surface area contributed by atoms with Crippen molar-refractivity contribution >= 4 is 60.2 Å². The van der Waals surface area contributed by atoms with Crippen molar-refractivity contribution in [3.05, 3.63) is 23.0 Å². The molecular weight excluding hydrogens is 710 g/mol. The normalized spacial score (nSPS) is 30.2. The number of anilines is 2. The molecule has 48 heavy (non-hydrogen) atoms. The Balaban J connectivity index is 1.07. The van der Waals surface area contributed by atoms with Crippen LogP contribution in [0.2, 0.25) is 0 Å². The molecule has 0 saturated carbocycles. The zero-order valence-electron chi connectivity index (χ0n) is 24.3. The number of aromatic amines is 1. The summed E-state index contributed by atoms with van der Waals surface area (Å²) in [5.41, 5.74) is 10.5. The zero-order valence-corrected chi connectivity index (χ0v) is 26.9. The van der Waals surface area contributed by atoms with Crippen LogP contribution in [0.3, 0.4) is 0 Å². The number of nitrogens with one attached hydrogen (secondary N) is 1. The van der Waals surface area contributed by atoms with E-state index in [2.05, 4.69) is 29.2 Å². The molecule has 2 saturated heterocycles. The highest BCUT2D eigenvalue weighted by molar-refractivity contribution is 8.55. The minimum absolute atomic E-state index is 0.0277. The first kappa shape index (κ1) is 34.6. The summed E-state index contributed by atoms with van der Waals surface area (Å²) in [5, 5.41) is 52.4. The van der Waals surface area contributed by atoms with Gasteiger partial charge in [0.1, 0.15) is 30.5 Å². The number of rotatable bonds is 10. The quantitative estimate of drug-likeness (QED) is 0.0556. The maximum Gasteiger partial charge on any atom is 0.480 e. The van der Waals surface area contributed by atoms with E-state index in [9.17, 15) is 49.2 Å². The molecule has 10 atom stereocenters. The van der Waals surface area contributed by atoms with E-state index in [1.807, 2.05) is 0 Å². The number of nitrogens with two attached hydrogens (primary N) is 2. The number of aliphatic hydroxyl groups excluding tert-OH is 4. The van der Waals surface area contributed by atoms with E-state index in [1.54, 1.807) is 0 Å². The van der Waals surface area contributed by atoms with Crippen LogP contribution in [0.25, 0.3) is 22.3 Å². The molecule has 4 aromatic rings. The number of hydrogen-bond acceptors (Lipinski definition) is 19. The van der Waals surface area contributed by atoms with Crippen molar-refractivity contribution in [2.75, 3.05) is 23.8 Å². The Hall–Kier alpha value is -3.29. The highest BCUT2D eigenvalue weighted by Gasteiger charge is 2.50. The largest absolute Gasteiger partial charge is 0.490 e. The number of fused-ring (bicyclic) bond motifs is 2. The minimum atomic E-state index is -5.34. The van der Waals surface area contributed by atoms with Crippen molar-refractivity contribution < 1.29 is 67.3 Å². The standard InChI is InChI=1S/C21H28N10O14P2S/c1-29-5-31(15-9(29)17(37)28-21(23)26-15)19-12(34)10(32)6(43-19)2-42-46(38,39)45-47(40,41)48-3-7-11(33)13(35)18(44-7)30-4-24-8-14(30)25-20(22)27-16(8)36/h4-7,10-13,18-19,32-35H,2-3H2,1H3,(H7-,22,23,25,26,27,28,36,37,38,39,40,41)/p+1/t6-,7-,10?,11+,12?,13?,18-,19-/m1/s1. The Bertz CT molecular complexity index is 2030. The summed E-state index contributed by atoms with van der Waals surface area (Å²) >= 11 is 0.0749. The van der Waals surface area contributed by atoms with E-state index >= 15 is 0 Å². The second-order valence-corrected chi connectivity index (χ2v) is 16.2. The molecule has 0 aromatic carbocycles. The molecule has 0 aliphatic carbocycles. The van der Waals surface area contributed by atoms with Crippen molar-refractivity contribution in [3.63, 3.8) is 0 Å². The number of nitrogens with zero attached hydrogens (tertiary/aromatic N) is 7. The smallest absolute Gasteiger partial charge is 0.480 e. The van der Waals surface area contributed by atoms with Crippen molar-refractivity contribution in [1.29, 1.82) is 0 Å². The van der Waals surface area contributed by atoms with Gasteiger partial charge >= 0.3 is 14.6 Å². The number of hydrogen-bond donors (Lipinski definition) is 10. The van der Waals surface area contributed by atoms with E-state index < -0.39 is 87.5 Å². The van der Waals surface area contributed by atoms with Crippen molar-refractivity contribution in [2.24, 2.45) is 7.05 Å². The summed E-state index contributed by atoms with van der Waals surface area (Å²) in [4.78, 5) is 50.3. The lowest BCUT2D eigenvalue weighted by Gasteiger charge is -2.20. The number of phosphoric ester groups is 1. The monoisotopic (exact) mass is 739 g/mol. The second-order valence-electron chi connectivity index (χ2n) is 10.7. The molecule has 0 bridgehead atoms. The SMILES string of the molecule is C[n+]1cn([C@@H]2O[C@H](COP(=O)(O)OP(=O)(O)SC[C@H]3O[C@@H](n4cnc5c(=O)[nH]c(N)nc54)C(O)[C@H]3O)C(O)C2O)c2nc(N)nc(O)c21. The van der Waals surface area contributed by atoms with Crippen LogP contribution in [0.5, 0.6) is 5.88 Å². The van der Waals surface area contributed by atoms with Gasteiger partial charge in [0.15, 0.2) is 17.4 Å². The molecular formula is C21H29N10O14P2S+. The molecule has 2 aliphatic rings. The molecule has 24 nitrogen and oxygen atoms in total. The van der Waals surface area contributed by atoms with E-state index in [1.165, 1.54) is 22.5 Å². The summed E-state index contributed by atoms with van der Waals surface area (Å²) in [7, 11) is -3.81. The van der Waals surface area contributed by atoms with Gasteiger partial charge in [-0.1, -0.05) is 0 Å². The van der Waals surface area contributed by atoms with Crippen LogP contribution in [-0.4, -0.2) is 118 Å².